The molecule has 0 saturated heterocycles. The number of para-hydroxylation sites is 1. The maximum absolute atomic E-state index is 5.67. The van der Waals surface area contributed by atoms with Gasteiger partial charge >= 0.3 is 0 Å². The largest absolute Gasteiger partial charge is 0.454 e. The topological polar surface area (TPSA) is 57.8 Å². The molecule has 3 aromatic heterocycles. The second-order valence-corrected chi connectivity index (χ2v) is 9.27. The van der Waals surface area contributed by atoms with Gasteiger partial charge in [0.25, 0.3) is 0 Å². The van der Waals surface area contributed by atoms with Gasteiger partial charge in [-0.1, -0.05) is 24.3 Å². The van der Waals surface area contributed by atoms with Crippen molar-refractivity contribution in [3.8, 4) is 22.8 Å². The Hall–Kier alpha value is -3.41. The van der Waals surface area contributed by atoms with Crippen molar-refractivity contribution in [1.29, 1.82) is 0 Å². The second-order valence-electron chi connectivity index (χ2n) is 9.27. The molecular weight excluding hydrogens is 386 g/mol. The first-order chi connectivity index (χ1) is 14.6. The molecule has 6 nitrogen and oxygen atoms in total. The van der Waals surface area contributed by atoms with Crippen LogP contribution >= 0.6 is 0 Å². The predicted octanol–water partition coefficient (Wildman–Crippen LogP) is 6.13. The number of nitrogens with zero attached hydrogens (tertiary/aromatic N) is 5. The highest BCUT2D eigenvalue weighted by atomic mass is 16.5. The number of rotatable bonds is 3. The van der Waals surface area contributed by atoms with Crippen LogP contribution in [0, 0.1) is 0 Å². The lowest BCUT2D eigenvalue weighted by atomic mass is 10.1. The Balaban J connectivity index is 0.000000176. The van der Waals surface area contributed by atoms with Crippen LogP contribution in [0.4, 0.5) is 0 Å². The Kier molecular flexibility index (Phi) is 6.59. The van der Waals surface area contributed by atoms with Gasteiger partial charge in [-0.15, -0.1) is 0 Å². The fourth-order valence-electron chi connectivity index (χ4n) is 2.71. The molecule has 0 saturated carbocycles. The van der Waals surface area contributed by atoms with Crippen molar-refractivity contribution in [2.45, 2.75) is 52.6 Å². The van der Waals surface area contributed by atoms with E-state index >= 15 is 0 Å². The van der Waals surface area contributed by atoms with Gasteiger partial charge in [0, 0.05) is 18.0 Å². The summed E-state index contributed by atoms with van der Waals surface area (Å²) in [6.07, 6.45) is 9.32. The number of aromatic nitrogens is 5. The molecule has 162 valence electrons. The maximum atomic E-state index is 5.67. The van der Waals surface area contributed by atoms with Gasteiger partial charge in [-0.25, -0.2) is 0 Å². The zero-order valence-corrected chi connectivity index (χ0v) is 19.1. The van der Waals surface area contributed by atoms with Crippen molar-refractivity contribution >= 4 is 0 Å². The molecule has 0 unspecified atom stereocenters. The fourth-order valence-corrected chi connectivity index (χ4v) is 2.71. The number of benzene rings is 1. The molecule has 4 rings (SSSR count). The molecule has 0 radical (unpaired) electrons. The quantitative estimate of drug-likeness (QED) is 0.402. The third-order valence-electron chi connectivity index (χ3n) is 4.46. The van der Waals surface area contributed by atoms with Gasteiger partial charge in [0.15, 0.2) is 5.75 Å². The van der Waals surface area contributed by atoms with Crippen LogP contribution in [0.25, 0.3) is 11.3 Å². The van der Waals surface area contributed by atoms with Crippen molar-refractivity contribution in [1.82, 2.24) is 24.5 Å². The molecule has 6 heteroatoms. The fraction of sp³-hybridized carbons (Fsp3) is 0.320. The van der Waals surface area contributed by atoms with Crippen LogP contribution in [0.15, 0.2) is 79.5 Å². The van der Waals surface area contributed by atoms with E-state index in [0.29, 0.717) is 0 Å². The first-order valence-corrected chi connectivity index (χ1v) is 10.4. The van der Waals surface area contributed by atoms with Crippen LogP contribution < -0.4 is 4.74 Å². The Morgan fingerprint density at radius 2 is 1.29 bits per heavy atom. The molecule has 0 aliphatic heterocycles. The van der Waals surface area contributed by atoms with Crippen molar-refractivity contribution in [3.05, 3.63) is 79.5 Å². The van der Waals surface area contributed by atoms with E-state index in [1.54, 1.807) is 12.4 Å². The molecule has 0 fully saturated rings. The van der Waals surface area contributed by atoms with Crippen molar-refractivity contribution < 1.29 is 4.74 Å². The van der Waals surface area contributed by atoms with E-state index in [1.807, 2.05) is 76.5 Å². The molecule has 3 heterocycles. The molecule has 0 amide bonds. The Bertz CT molecular complexity index is 1070. The zero-order chi connectivity index (χ0) is 22.5. The van der Waals surface area contributed by atoms with Crippen LogP contribution in [0.2, 0.25) is 0 Å². The highest BCUT2D eigenvalue weighted by Crippen LogP contribution is 2.23. The summed E-state index contributed by atoms with van der Waals surface area (Å²) in [5.41, 5.74) is 2.03. The van der Waals surface area contributed by atoms with Crippen LogP contribution in [-0.4, -0.2) is 24.5 Å². The van der Waals surface area contributed by atoms with Crippen molar-refractivity contribution in [3.63, 3.8) is 0 Å². The van der Waals surface area contributed by atoms with E-state index in [4.69, 9.17) is 4.74 Å². The minimum atomic E-state index is -0.0156. The molecular formula is C25H31N5O. The summed E-state index contributed by atoms with van der Waals surface area (Å²) in [6, 6.07) is 15.6. The molecule has 0 N–H and O–H groups in total. The first kappa shape index (κ1) is 22.3. The van der Waals surface area contributed by atoms with Gasteiger partial charge in [-0.2, -0.15) is 10.2 Å². The molecule has 4 aromatic rings. The lowest BCUT2D eigenvalue weighted by Gasteiger charge is -2.18. The molecule has 0 aliphatic rings. The summed E-state index contributed by atoms with van der Waals surface area (Å²) >= 11 is 0. The van der Waals surface area contributed by atoms with E-state index in [1.165, 1.54) is 0 Å². The van der Waals surface area contributed by atoms with Crippen LogP contribution in [0.3, 0.4) is 0 Å². The highest BCUT2D eigenvalue weighted by molar-refractivity contribution is 5.56. The monoisotopic (exact) mass is 417 g/mol. The van der Waals surface area contributed by atoms with E-state index in [-0.39, 0.29) is 11.1 Å². The van der Waals surface area contributed by atoms with E-state index < -0.39 is 0 Å². The number of hydrogen-bond acceptors (Lipinski definition) is 4. The van der Waals surface area contributed by atoms with Crippen molar-refractivity contribution in [2.24, 2.45) is 0 Å². The molecule has 0 bridgehead atoms. The maximum Gasteiger partial charge on any atom is 0.165 e. The lowest BCUT2D eigenvalue weighted by Crippen LogP contribution is -2.21. The van der Waals surface area contributed by atoms with Gasteiger partial charge in [0.1, 0.15) is 5.75 Å². The lowest BCUT2D eigenvalue weighted by molar-refractivity contribution is 0.353. The van der Waals surface area contributed by atoms with Gasteiger partial charge in [-0.05, 0) is 65.8 Å². The molecule has 1 aromatic carbocycles. The van der Waals surface area contributed by atoms with Crippen molar-refractivity contribution in [2.75, 3.05) is 0 Å². The first-order valence-electron chi connectivity index (χ1n) is 10.4. The van der Waals surface area contributed by atoms with E-state index in [9.17, 15) is 0 Å². The third kappa shape index (κ3) is 6.28. The summed E-state index contributed by atoms with van der Waals surface area (Å²) in [4.78, 5) is 4.29. The standard InChI is InChI=1S/C13H16N2O.C12H15N3/c1-13(2,3)15-10-12(9-14-15)16-11-7-5-4-6-8-11;1-12(2,3)15-9-10(8-14-15)11-6-4-5-7-13-11/h4-10H,1-3H3;4-9H,1-3H3. The average Bonchev–Trinajstić information content (AvgIpc) is 3.39. The predicted molar refractivity (Wildman–Crippen MR) is 124 cm³/mol. The normalized spacial score (nSPS) is 11.5. The average molecular weight is 418 g/mol. The Morgan fingerprint density at radius 3 is 1.84 bits per heavy atom. The highest BCUT2D eigenvalue weighted by Gasteiger charge is 2.15. The summed E-state index contributed by atoms with van der Waals surface area (Å²) in [5, 5.41) is 8.62. The van der Waals surface area contributed by atoms with Crippen LogP contribution in [0.5, 0.6) is 11.5 Å². The van der Waals surface area contributed by atoms with Gasteiger partial charge in [0.2, 0.25) is 0 Å². The Labute approximate surface area is 184 Å². The van der Waals surface area contributed by atoms with Crippen LogP contribution in [0.1, 0.15) is 41.5 Å². The third-order valence-corrected chi connectivity index (χ3v) is 4.46. The molecule has 0 spiro atoms. The second kappa shape index (κ2) is 9.16. The summed E-state index contributed by atoms with van der Waals surface area (Å²) < 4.78 is 9.52. The zero-order valence-electron chi connectivity index (χ0n) is 19.1. The van der Waals surface area contributed by atoms with Gasteiger partial charge in [-0.3, -0.25) is 14.3 Å². The van der Waals surface area contributed by atoms with E-state index in [0.717, 1.165) is 22.8 Å². The minimum absolute atomic E-state index is 0.0156. The Morgan fingerprint density at radius 1 is 0.677 bits per heavy atom. The number of pyridine rings is 1. The smallest absolute Gasteiger partial charge is 0.165 e. The van der Waals surface area contributed by atoms with Crippen LogP contribution in [-0.2, 0) is 11.1 Å². The SMILES string of the molecule is CC(C)(C)n1cc(-c2ccccn2)cn1.CC(C)(C)n1cc(Oc2ccccc2)cn1. The number of hydrogen-bond donors (Lipinski definition) is 0. The summed E-state index contributed by atoms with van der Waals surface area (Å²) in [5.74, 6) is 1.59. The molecule has 0 aliphatic carbocycles. The minimum Gasteiger partial charge on any atom is -0.454 e. The molecule has 0 atom stereocenters. The molecule has 31 heavy (non-hydrogen) atoms. The van der Waals surface area contributed by atoms with Gasteiger partial charge < -0.3 is 4.74 Å². The summed E-state index contributed by atoms with van der Waals surface area (Å²) in [6.45, 7) is 12.7. The van der Waals surface area contributed by atoms with E-state index in [2.05, 4.69) is 56.7 Å². The summed E-state index contributed by atoms with van der Waals surface area (Å²) in [7, 11) is 0. The number of ether oxygens (including phenoxy) is 1. The van der Waals surface area contributed by atoms with Gasteiger partial charge in [0.05, 0.1) is 35.4 Å².